The Bertz CT molecular complexity index is 1090. The van der Waals surface area contributed by atoms with Crippen LogP contribution in [0.4, 0.5) is 8.78 Å². The molecule has 0 saturated heterocycles. The summed E-state index contributed by atoms with van der Waals surface area (Å²) in [6.45, 7) is 1.60. The van der Waals surface area contributed by atoms with Crippen LogP contribution in [0.5, 0.6) is 0 Å². The van der Waals surface area contributed by atoms with Gasteiger partial charge in [0.2, 0.25) is 0 Å². The van der Waals surface area contributed by atoms with E-state index in [2.05, 4.69) is 4.98 Å². The molecule has 1 heterocycles. The van der Waals surface area contributed by atoms with Crippen LogP contribution in [0, 0.1) is 17.0 Å². The SMILES string of the molecule is CCOC(C(=O)N(Cl)Cc1ccc(C(=N)N)cc1)c1c(F)cc(-c2ccccn2)cc1F. The van der Waals surface area contributed by atoms with Crippen LogP contribution in [0.1, 0.15) is 29.7 Å². The number of carbonyl (C=O) groups excluding carboxylic acids is 1. The summed E-state index contributed by atoms with van der Waals surface area (Å²) < 4.78 is 36.1. The molecule has 0 bridgehead atoms. The fourth-order valence-corrected chi connectivity index (χ4v) is 3.34. The number of nitrogens with one attached hydrogen (secondary N) is 1. The van der Waals surface area contributed by atoms with Gasteiger partial charge < -0.3 is 10.5 Å². The molecule has 1 aromatic heterocycles. The molecule has 1 unspecified atom stereocenters. The van der Waals surface area contributed by atoms with Crippen LogP contribution in [0.2, 0.25) is 0 Å². The first-order chi connectivity index (χ1) is 15.3. The third kappa shape index (κ3) is 5.27. The second kappa shape index (κ2) is 10.3. The van der Waals surface area contributed by atoms with Crippen molar-refractivity contribution in [1.29, 1.82) is 5.41 Å². The smallest absolute Gasteiger partial charge is 0.271 e. The van der Waals surface area contributed by atoms with Crippen molar-refractivity contribution in [2.24, 2.45) is 5.73 Å². The van der Waals surface area contributed by atoms with Gasteiger partial charge in [-0.2, -0.15) is 0 Å². The number of halogens is 3. The lowest BCUT2D eigenvalue weighted by Gasteiger charge is -2.23. The highest BCUT2D eigenvalue weighted by atomic mass is 35.5. The zero-order valence-electron chi connectivity index (χ0n) is 17.2. The lowest BCUT2D eigenvalue weighted by Crippen LogP contribution is -2.30. The molecule has 2 aromatic carbocycles. The standard InChI is InChI=1S/C23H21ClF2N4O2/c1-2-32-21(23(31)30(24)13-14-6-8-15(9-7-14)22(27)28)20-17(25)11-16(12-18(20)26)19-5-3-4-10-29-19/h3-12,21H,2,13H2,1H3,(H3,27,28). The number of hydrogen-bond acceptors (Lipinski definition) is 4. The first kappa shape index (κ1) is 23.3. The maximum Gasteiger partial charge on any atom is 0.271 e. The first-order valence-corrected chi connectivity index (χ1v) is 10.1. The van der Waals surface area contributed by atoms with Crippen LogP contribution < -0.4 is 5.73 Å². The normalized spacial score (nSPS) is 11.8. The highest BCUT2D eigenvalue weighted by molar-refractivity contribution is 6.21. The Morgan fingerprint density at radius 1 is 1.19 bits per heavy atom. The maximum absolute atomic E-state index is 14.9. The van der Waals surface area contributed by atoms with Crippen molar-refractivity contribution >= 4 is 23.5 Å². The van der Waals surface area contributed by atoms with Gasteiger partial charge in [-0.3, -0.25) is 15.2 Å². The van der Waals surface area contributed by atoms with Gasteiger partial charge in [-0.1, -0.05) is 30.3 Å². The summed E-state index contributed by atoms with van der Waals surface area (Å²) >= 11 is 6.16. The monoisotopic (exact) mass is 458 g/mol. The number of amides is 1. The number of rotatable bonds is 8. The van der Waals surface area contributed by atoms with E-state index >= 15 is 0 Å². The molecular formula is C23H21ClF2N4O2. The Morgan fingerprint density at radius 3 is 2.38 bits per heavy atom. The second-order valence-electron chi connectivity index (χ2n) is 6.87. The molecule has 32 heavy (non-hydrogen) atoms. The molecule has 166 valence electrons. The van der Waals surface area contributed by atoms with E-state index in [9.17, 15) is 13.6 Å². The number of pyridine rings is 1. The molecule has 3 rings (SSSR count). The average Bonchev–Trinajstić information content (AvgIpc) is 2.78. The summed E-state index contributed by atoms with van der Waals surface area (Å²) in [5.74, 6) is -2.78. The van der Waals surface area contributed by atoms with Crippen molar-refractivity contribution in [1.82, 2.24) is 9.40 Å². The molecule has 3 N–H and O–H groups in total. The van der Waals surface area contributed by atoms with Gasteiger partial charge in [-0.25, -0.2) is 13.2 Å². The molecular weight excluding hydrogens is 438 g/mol. The maximum atomic E-state index is 14.9. The number of nitrogens with zero attached hydrogens (tertiary/aromatic N) is 2. The third-order valence-corrected chi connectivity index (χ3v) is 4.97. The molecule has 0 aliphatic carbocycles. The molecule has 0 spiro atoms. The molecule has 0 aliphatic heterocycles. The Kier molecular flexibility index (Phi) is 7.50. The number of aromatic nitrogens is 1. The van der Waals surface area contributed by atoms with E-state index in [4.69, 9.17) is 27.7 Å². The van der Waals surface area contributed by atoms with Gasteiger partial charge >= 0.3 is 0 Å². The van der Waals surface area contributed by atoms with E-state index in [-0.39, 0.29) is 24.6 Å². The minimum absolute atomic E-state index is 0.0370. The van der Waals surface area contributed by atoms with E-state index in [0.29, 0.717) is 16.8 Å². The van der Waals surface area contributed by atoms with Gasteiger partial charge in [0.05, 0.1) is 17.8 Å². The predicted molar refractivity (Wildman–Crippen MR) is 118 cm³/mol. The van der Waals surface area contributed by atoms with E-state index < -0.39 is 29.2 Å². The minimum atomic E-state index is -1.56. The summed E-state index contributed by atoms with van der Waals surface area (Å²) in [7, 11) is 0. The van der Waals surface area contributed by atoms with Crippen LogP contribution in [-0.4, -0.2) is 27.8 Å². The molecule has 0 saturated carbocycles. The quantitative estimate of drug-likeness (QED) is 0.294. The van der Waals surface area contributed by atoms with E-state index in [1.807, 2.05) is 0 Å². The number of nitrogens with two attached hydrogens (primary N) is 1. The summed E-state index contributed by atoms with van der Waals surface area (Å²) in [4.78, 5) is 17.0. The highest BCUT2D eigenvalue weighted by Gasteiger charge is 2.31. The van der Waals surface area contributed by atoms with Crippen molar-refractivity contribution in [3.63, 3.8) is 0 Å². The number of amidine groups is 1. The van der Waals surface area contributed by atoms with Crippen molar-refractivity contribution in [3.05, 3.63) is 89.1 Å². The first-order valence-electron chi connectivity index (χ1n) is 9.74. The number of hydrogen-bond donors (Lipinski definition) is 2. The molecule has 6 nitrogen and oxygen atoms in total. The molecule has 1 amide bonds. The molecule has 0 radical (unpaired) electrons. The number of carbonyl (C=O) groups is 1. The van der Waals surface area contributed by atoms with Crippen LogP contribution >= 0.6 is 11.8 Å². The van der Waals surface area contributed by atoms with Crippen LogP contribution in [0.3, 0.4) is 0 Å². The van der Waals surface area contributed by atoms with Gasteiger partial charge in [0.25, 0.3) is 5.91 Å². The molecule has 0 fully saturated rings. The van der Waals surface area contributed by atoms with Crippen molar-refractivity contribution in [2.45, 2.75) is 19.6 Å². The lowest BCUT2D eigenvalue weighted by atomic mass is 10.0. The largest absolute Gasteiger partial charge is 0.384 e. The summed E-state index contributed by atoms with van der Waals surface area (Å²) in [5, 5.41) is 7.42. The molecule has 3 aromatic rings. The van der Waals surface area contributed by atoms with Gasteiger partial charge in [0.15, 0.2) is 6.10 Å². The molecule has 9 heteroatoms. The van der Waals surface area contributed by atoms with Gasteiger partial charge in [0.1, 0.15) is 17.5 Å². The average molecular weight is 459 g/mol. The Morgan fingerprint density at radius 2 is 1.84 bits per heavy atom. The highest BCUT2D eigenvalue weighted by Crippen LogP contribution is 2.31. The molecule has 0 aliphatic rings. The topological polar surface area (TPSA) is 92.3 Å². The molecule has 1 atom stereocenters. The Balaban J connectivity index is 1.86. The van der Waals surface area contributed by atoms with Gasteiger partial charge in [0, 0.05) is 35.7 Å². The van der Waals surface area contributed by atoms with E-state index in [1.54, 1.807) is 49.4 Å². The van der Waals surface area contributed by atoms with Crippen molar-refractivity contribution < 1.29 is 18.3 Å². The van der Waals surface area contributed by atoms with Crippen molar-refractivity contribution in [2.75, 3.05) is 6.61 Å². The summed E-state index contributed by atoms with van der Waals surface area (Å²) in [6, 6.07) is 13.8. The lowest BCUT2D eigenvalue weighted by molar-refractivity contribution is -0.139. The number of benzene rings is 2. The number of ether oxygens (including phenoxy) is 1. The zero-order valence-corrected chi connectivity index (χ0v) is 17.9. The zero-order chi connectivity index (χ0) is 23.3. The predicted octanol–water partition coefficient (Wildman–Crippen LogP) is 4.57. The van der Waals surface area contributed by atoms with Gasteiger partial charge in [-0.05, 0) is 36.8 Å². The fourth-order valence-electron chi connectivity index (χ4n) is 3.12. The Labute approximate surface area is 189 Å². The van der Waals surface area contributed by atoms with Crippen LogP contribution in [0.25, 0.3) is 11.3 Å². The van der Waals surface area contributed by atoms with E-state index in [1.165, 1.54) is 6.20 Å². The fraction of sp³-hybridized carbons (Fsp3) is 0.174. The number of nitrogen functional groups attached to an aromatic ring is 1. The minimum Gasteiger partial charge on any atom is -0.384 e. The van der Waals surface area contributed by atoms with Crippen molar-refractivity contribution in [3.8, 4) is 11.3 Å². The van der Waals surface area contributed by atoms with E-state index in [0.717, 1.165) is 16.6 Å². The second-order valence-corrected chi connectivity index (χ2v) is 7.28. The van der Waals surface area contributed by atoms with Crippen LogP contribution in [-0.2, 0) is 16.1 Å². The van der Waals surface area contributed by atoms with Crippen LogP contribution in [0.15, 0.2) is 60.8 Å². The third-order valence-electron chi connectivity index (χ3n) is 4.68. The summed E-state index contributed by atoms with van der Waals surface area (Å²) in [5.41, 5.74) is 6.70. The van der Waals surface area contributed by atoms with Gasteiger partial charge in [-0.15, -0.1) is 0 Å². The Hall–Kier alpha value is -3.36. The summed E-state index contributed by atoms with van der Waals surface area (Å²) in [6.07, 6.45) is -0.0494.